The van der Waals surface area contributed by atoms with Gasteiger partial charge < -0.3 is 11.1 Å². The van der Waals surface area contributed by atoms with Gasteiger partial charge in [-0.15, -0.1) is 0 Å². The summed E-state index contributed by atoms with van der Waals surface area (Å²) < 4.78 is 0.910. The highest BCUT2D eigenvalue weighted by Gasteiger charge is 2.08. The van der Waals surface area contributed by atoms with Gasteiger partial charge in [-0.05, 0) is 30.3 Å². The lowest BCUT2D eigenvalue weighted by molar-refractivity contribution is 0.0950. The number of nitrogens with two attached hydrogens (primary N) is 1. The molecule has 0 aliphatic heterocycles. The summed E-state index contributed by atoms with van der Waals surface area (Å²) in [6, 6.07) is 11.0. The quantitative estimate of drug-likeness (QED) is 0.772. The van der Waals surface area contributed by atoms with Crippen LogP contribution >= 0.6 is 11.3 Å². The van der Waals surface area contributed by atoms with E-state index < -0.39 is 0 Å². The van der Waals surface area contributed by atoms with Crippen LogP contribution in [0.3, 0.4) is 0 Å². The number of carbonyl (C=O) groups excluding carboxylic acids is 1. The predicted octanol–water partition coefficient (Wildman–Crippen LogP) is 2.20. The van der Waals surface area contributed by atoms with E-state index in [1.165, 1.54) is 11.3 Å². The van der Waals surface area contributed by atoms with Gasteiger partial charge in [-0.2, -0.15) is 0 Å². The monoisotopic (exact) mass is 284 g/mol. The molecule has 5 nitrogen and oxygen atoms in total. The van der Waals surface area contributed by atoms with Crippen LogP contribution in [0, 0.1) is 0 Å². The van der Waals surface area contributed by atoms with Crippen LogP contribution in [-0.2, 0) is 6.54 Å². The van der Waals surface area contributed by atoms with Gasteiger partial charge in [-0.25, -0.2) is 4.98 Å². The van der Waals surface area contributed by atoms with E-state index >= 15 is 0 Å². The number of nitrogen functional groups attached to an aromatic ring is 1. The molecule has 0 radical (unpaired) electrons. The highest BCUT2D eigenvalue weighted by molar-refractivity contribution is 7.22. The summed E-state index contributed by atoms with van der Waals surface area (Å²) in [4.78, 5) is 20.4. The molecular weight excluding hydrogens is 272 g/mol. The van der Waals surface area contributed by atoms with E-state index in [1.807, 2.05) is 18.2 Å². The number of hydrogen-bond acceptors (Lipinski definition) is 5. The first-order valence-corrected chi connectivity index (χ1v) is 6.88. The minimum absolute atomic E-state index is 0.135. The molecule has 0 fully saturated rings. The van der Waals surface area contributed by atoms with Crippen molar-refractivity contribution in [3.05, 3.63) is 53.9 Å². The maximum absolute atomic E-state index is 12.1. The Kier molecular flexibility index (Phi) is 3.30. The molecule has 100 valence electrons. The molecule has 0 unspecified atom stereocenters. The summed E-state index contributed by atoms with van der Waals surface area (Å²) in [5.41, 5.74) is 7.88. The van der Waals surface area contributed by atoms with E-state index in [0.29, 0.717) is 17.2 Å². The number of pyridine rings is 1. The fourth-order valence-corrected chi connectivity index (χ4v) is 2.63. The Labute approximate surface area is 119 Å². The third kappa shape index (κ3) is 2.60. The number of nitrogens with zero attached hydrogens (tertiary/aromatic N) is 2. The maximum atomic E-state index is 12.1. The first-order chi connectivity index (χ1) is 9.72. The van der Waals surface area contributed by atoms with Crippen LogP contribution in [0.1, 0.15) is 16.1 Å². The molecule has 0 bridgehead atoms. The Morgan fingerprint density at radius 3 is 3.00 bits per heavy atom. The second kappa shape index (κ2) is 5.26. The smallest absolute Gasteiger partial charge is 0.251 e. The largest absolute Gasteiger partial charge is 0.375 e. The van der Waals surface area contributed by atoms with Crippen LogP contribution in [0.25, 0.3) is 10.2 Å². The molecule has 0 atom stereocenters. The summed E-state index contributed by atoms with van der Waals surface area (Å²) >= 11 is 1.37. The van der Waals surface area contributed by atoms with E-state index in [0.717, 1.165) is 15.9 Å². The molecule has 0 spiro atoms. The molecule has 3 aromatic rings. The topological polar surface area (TPSA) is 80.9 Å². The van der Waals surface area contributed by atoms with Gasteiger partial charge in [0, 0.05) is 11.8 Å². The molecule has 0 saturated heterocycles. The van der Waals surface area contributed by atoms with Crippen LogP contribution in [0.15, 0.2) is 42.6 Å². The molecule has 2 heterocycles. The Balaban J connectivity index is 1.75. The third-order valence-electron chi connectivity index (χ3n) is 2.82. The average molecular weight is 284 g/mol. The van der Waals surface area contributed by atoms with E-state index in [-0.39, 0.29) is 5.91 Å². The molecule has 3 N–H and O–H groups in total. The third-order valence-corrected chi connectivity index (χ3v) is 3.67. The molecule has 0 aliphatic rings. The second-order valence-electron chi connectivity index (χ2n) is 4.24. The van der Waals surface area contributed by atoms with Crippen molar-refractivity contribution in [1.82, 2.24) is 15.3 Å². The molecule has 1 amide bonds. The second-order valence-corrected chi connectivity index (χ2v) is 5.30. The maximum Gasteiger partial charge on any atom is 0.251 e. The molecule has 1 aromatic carbocycles. The summed E-state index contributed by atoms with van der Waals surface area (Å²) in [5.74, 6) is -0.135. The van der Waals surface area contributed by atoms with Crippen LogP contribution in [0.5, 0.6) is 0 Å². The fraction of sp³-hybridized carbons (Fsp3) is 0.0714. The van der Waals surface area contributed by atoms with Gasteiger partial charge in [0.1, 0.15) is 0 Å². The summed E-state index contributed by atoms with van der Waals surface area (Å²) in [6.07, 6.45) is 1.70. The predicted molar refractivity (Wildman–Crippen MR) is 79.4 cm³/mol. The number of nitrogens with one attached hydrogen (secondary N) is 1. The first kappa shape index (κ1) is 12.6. The van der Waals surface area contributed by atoms with Gasteiger partial charge >= 0.3 is 0 Å². The molecule has 0 saturated carbocycles. The first-order valence-electron chi connectivity index (χ1n) is 6.06. The lowest BCUT2D eigenvalue weighted by Crippen LogP contribution is -2.23. The van der Waals surface area contributed by atoms with Gasteiger partial charge in [0.25, 0.3) is 5.91 Å². The van der Waals surface area contributed by atoms with Crippen molar-refractivity contribution in [2.45, 2.75) is 6.54 Å². The van der Waals surface area contributed by atoms with Gasteiger partial charge in [0.15, 0.2) is 5.13 Å². The van der Waals surface area contributed by atoms with Crippen molar-refractivity contribution < 1.29 is 4.79 Å². The Morgan fingerprint density at radius 2 is 2.20 bits per heavy atom. The van der Waals surface area contributed by atoms with E-state index in [2.05, 4.69) is 15.3 Å². The molecule has 3 rings (SSSR count). The number of hydrogen-bond donors (Lipinski definition) is 2. The van der Waals surface area contributed by atoms with Crippen molar-refractivity contribution in [1.29, 1.82) is 0 Å². The van der Waals surface area contributed by atoms with Crippen LogP contribution in [-0.4, -0.2) is 15.9 Å². The number of thiazole rings is 1. The van der Waals surface area contributed by atoms with Crippen LogP contribution in [0.4, 0.5) is 5.13 Å². The van der Waals surface area contributed by atoms with Crippen molar-refractivity contribution >= 4 is 32.6 Å². The highest BCUT2D eigenvalue weighted by Crippen LogP contribution is 2.24. The van der Waals surface area contributed by atoms with Gasteiger partial charge in [0.2, 0.25) is 0 Å². The zero-order valence-electron chi connectivity index (χ0n) is 10.5. The summed E-state index contributed by atoms with van der Waals surface area (Å²) in [6.45, 7) is 0.405. The van der Waals surface area contributed by atoms with Crippen LogP contribution in [0.2, 0.25) is 0 Å². The lowest BCUT2D eigenvalue weighted by Gasteiger charge is -2.04. The molecule has 2 aromatic heterocycles. The van der Waals surface area contributed by atoms with Crippen molar-refractivity contribution in [3.8, 4) is 0 Å². The Bertz CT molecular complexity index is 754. The number of amides is 1. The number of carbonyl (C=O) groups is 1. The fourth-order valence-electron chi connectivity index (χ4n) is 1.86. The van der Waals surface area contributed by atoms with E-state index in [9.17, 15) is 4.79 Å². The molecule has 0 aliphatic carbocycles. The lowest BCUT2D eigenvalue weighted by atomic mass is 10.2. The normalized spacial score (nSPS) is 10.6. The SMILES string of the molecule is Nc1nc2ccc(C(=O)NCc3ccccn3)cc2s1. The number of aromatic nitrogens is 2. The standard InChI is InChI=1S/C14H12N4OS/c15-14-18-11-5-4-9(7-12(11)20-14)13(19)17-8-10-3-1-2-6-16-10/h1-7H,8H2,(H2,15,18)(H,17,19). The zero-order valence-corrected chi connectivity index (χ0v) is 11.4. The number of rotatable bonds is 3. The van der Waals surface area contributed by atoms with E-state index in [1.54, 1.807) is 24.4 Å². The Hall–Kier alpha value is -2.47. The zero-order chi connectivity index (χ0) is 13.9. The Morgan fingerprint density at radius 1 is 1.30 bits per heavy atom. The summed E-state index contributed by atoms with van der Waals surface area (Å²) in [5, 5.41) is 3.34. The minimum atomic E-state index is -0.135. The van der Waals surface area contributed by atoms with Gasteiger partial charge in [0.05, 0.1) is 22.5 Å². The average Bonchev–Trinajstić information content (AvgIpc) is 2.85. The van der Waals surface area contributed by atoms with Crippen LogP contribution < -0.4 is 11.1 Å². The van der Waals surface area contributed by atoms with Gasteiger partial charge in [-0.3, -0.25) is 9.78 Å². The summed E-state index contributed by atoms with van der Waals surface area (Å²) in [7, 11) is 0. The minimum Gasteiger partial charge on any atom is -0.375 e. The molecule has 20 heavy (non-hydrogen) atoms. The van der Waals surface area contributed by atoms with Gasteiger partial charge in [-0.1, -0.05) is 17.4 Å². The number of benzene rings is 1. The molecule has 6 heteroatoms. The number of fused-ring (bicyclic) bond motifs is 1. The van der Waals surface area contributed by atoms with E-state index in [4.69, 9.17) is 5.73 Å². The number of anilines is 1. The molecular formula is C14H12N4OS. The van der Waals surface area contributed by atoms with Crippen molar-refractivity contribution in [2.24, 2.45) is 0 Å². The highest BCUT2D eigenvalue weighted by atomic mass is 32.1. The van der Waals surface area contributed by atoms with Crippen molar-refractivity contribution in [2.75, 3.05) is 5.73 Å². The van der Waals surface area contributed by atoms with Crippen molar-refractivity contribution in [3.63, 3.8) is 0 Å².